The molecule has 0 unspecified atom stereocenters. The highest BCUT2D eigenvalue weighted by Crippen LogP contribution is 2.13. The lowest BCUT2D eigenvalue weighted by atomic mass is 10.2. The van der Waals surface area contributed by atoms with Gasteiger partial charge in [0.15, 0.2) is 5.11 Å². The van der Waals surface area contributed by atoms with E-state index in [-0.39, 0.29) is 5.11 Å². The minimum Gasteiger partial charge on any atom is -0.494 e. The number of hydrazine groups is 1. The van der Waals surface area contributed by atoms with Crippen LogP contribution < -0.4 is 25.6 Å². The molecule has 0 atom stereocenters. The number of amides is 2. The molecule has 0 aliphatic rings. The second-order valence-corrected chi connectivity index (χ2v) is 6.97. The first kappa shape index (κ1) is 23.9. The van der Waals surface area contributed by atoms with Crippen molar-refractivity contribution in [2.75, 3.05) is 13.2 Å². The van der Waals surface area contributed by atoms with Crippen molar-refractivity contribution in [3.8, 4) is 11.5 Å². The molecule has 0 spiro atoms. The van der Waals surface area contributed by atoms with E-state index in [4.69, 9.17) is 21.7 Å². The first-order valence-electron chi connectivity index (χ1n) is 10.0. The molecule has 31 heavy (non-hydrogen) atoms. The molecule has 0 fully saturated rings. The van der Waals surface area contributed by atoms with Gasteiger partial charge in [0.2, 0.25) is 0 Å². The summed E-state index contributed by atoms with van der Waals surface area (Å²) in [7, 11) is 0. The Kier molecular flexibility index (Phi) is 10.0. The minimum atomic E-state index is -0.406. The van der Waals surface area contributed by atoms with E-state index < -0.39 is 11.8 Å². The summed E-state index contributed by atoms with van der Waals surface area (Å²) in [6, 6.07) is 13.4. The third-order valence-corrected chi connectivity index (χ3v) is 4.34. The summed E-state index contributed by atoms with van der Waals surface area (Å²) in [6.07, 6.45) is 4.89. The van der Waals surface area contributed by atoms with E-state index in [9.17, 15) is 9.59 Å². The molecular formula is C23H27N3O4S. The van der Waals surface area contributed by atoms with Crippen LogP contribution in [-0.4, -0.2) is 30.1 Å². The number of carbonyl (C=O) groups excluding carboxylic acids is 2. The number of hydrogen-bond donors (Lipinski definition) is 3. The number of rotatable bonds is 10. The molecule has 2 rings (SSSR count). The summed E-state index contributed by atoms with van der Waals surface area (Å²) in [6.45, 7) is 6.75. The summed E-state index contributed by atoms with van der Waals surface area (Å²) in [4.78, 5) is 24.5. The maximum Gasteiger partial charge on any atom is 0.269 e. The van der Waals surface area contributed by atoms with Crippen molar-refractivity contribution in [1.82, 2.24) is 16.2 Å². The average Bonchev–Trinajstić information content (AvgIpc) is 2.79. The zero-order valence-corrected chi connectivity index (χ0v) is 18.3. The molecule has 2 aromatic rings. The van der Waals surface area contributed by atoms with Crippen LogP contribution in [-0.2, 0) is 0 Å². The summed E-state index contributed by atoms with van der Waals surface area (Å²) in [5.74, 6) is 0.538. The van der Waals surface area contributed by atoms with E-state index in [0.29, 0.717) is 35.8 Å². The Hall–Kier alpha value is -3.39. The van der Waals surface area contributed by atoms with Gasteiger partial charge in [-0.15, -0.1) is 0 Å². The minimum absolute atomic E-state index is 0.0239. The standard InChI is InChI=1S/C23H27N3O4S/c1-3-5-6-16-30-20-11-7-17(8-12-20)21(27)24-23(31)26-25-22(28)18-9-13-19(14-10-18)29-15-4-2/h4,7-14H,2-3,5-6,15-16H2,1H3,(H,25,28)(H2,24,26,27,31). The number of benzene rings is 2. The first-order valence-corrected chi connectivity index (χ1v) is 10.4. The SMILES string of the molecule is C=CCOc1ccc(C(=O)NNC(=S)NC(=O)c2ccc(OCCCCC)cc2)cc1. The fraction of sp³-hybridized carbons (Fsp3) is 0.261. The normalized spacial score (nSPS) is 9.97. The molecule has 0 radical (unpaired) electrons. The van der Waals surface area contributed by atoms with Crippen LogP contribution in [0.1, 0.15) is 46.9 Å². The Labute approximate surface area is 187 Å². The van der Waals surface area contributed by atoms with Crippen LogP contribution in [0.5, 0.6) is 11.5 Å². The fourth-order valence-corrected chi connectivity index (χ4v) is 2.64. The van der Waals surface area contributed by atoms with Gasteiger partial charge < -0.3 is 9.47 Å². The molecule has 2 amide bonds. The van der Waals surface area contributed by atoms with Crippen molar-refractivity contribution >= 4 is 29.1 Å². The van der Waals surface area contributed by atoms with E-state index in [2.05, 4.69) is 29.7 Å². The van der Waals surface area contributed by atoms with Crippen LogP contribution in [0, 0.1) is 0 Å². The average molecular weight is 442 g/mol. The summed E-state index contributed by atoms with van der Waals surface area (Å²) in [5, 5.41) is 2.49. The lowest BCUT2D eigenvalue weighted by Crippen LogP contribution is -2.48. The molecule has 0 saturated heterocycles. The number of unbranched alkanes of at least 4 members (excludes halogenated alkanes) is 2. The topological polar surface area (TPSA) is 88.7 Å². The molecule has 7 nitrogen and oxygen atoms in total. The molecular weight excluding hydrogens is 414 g/mol. The Morgan fingerprint density at radius 2 is 1.48 bits per heavy atom. The summed E-state index contributed by atoms with van der Waals surface area (Å²) < 4.78 is 11.0. The van der Waals surface area contributed by atoms with Gasteiger partial charge in [-0.3, -0.25) is 25.8 Å². The Morgan fingerprint density at radius 3 is 2.06 bits per heavy atom. The molecule has 2 aromatic carbocycles. The second-order valence-electron chi connectivity index (χ2n) is 6.57. The molecule has 0 bridgehead atoms. The van der Waals surface area contributed by atoms with Crippen LogP contribution >= 0.6 is 12.2 Å². The van der Waals surface area contributed by atoms with Crippen molar-refractivity contribution in [1.29, 1.82) is 0 Å². The third-order valence-electron chi connectivity index (χ3n) is 4.13. The molecule has 8 heteroatoms. The van der Waals surface area contributed by atoms with E-state index in [1.807, 2.05) is 0 Å². The number of hydrogen-bond acceptors (Lipinski definition) is 5. The second kappa shape index (κ2) is 13.0. The van der Waals surface area contributed by atoms with Gasteiger partial charge in [-0.05, 0) is 67.2 Å². The molecule has 0 saturated carbocycles. The van der Waals surface area contributed by atoms with Gasteiger partial charge in [0.1, 0.15) is 18.1 Å². The zero-order valence-electron chi connectivity index (χ0n) is 17.5. The van der Waals surface area contributed by atoms with Crippen molar-refractivity contribution < 1.29 is 19.1 Å². The van der Waals surface area contributed by atoms with Gasteiger partial charge >= 0.3 is 0 Å². The summed E-state index contributed by atoms with van der Waals surface area (Å²) >= 11 is 5.06. The van der Waals surface area contributed by atoms with Crippen LogP contribution in [0.15, 0.2) is 61.2 Å². The highest BCUT2D eigenvalue weighted by atomic mass is 32.1. The predicted octanol–water partition coefficient (Wildman–Crippen LogP) is 3.77. The predicted molar refractivity (Wildman–Crippen MR) is 124 cm³/mol. The van der Waals surface area contributed by atoms with Crippen molar-refractivity contribution in [3.63, 3.8) is 0 Å². The van der Waals surface area contributed by atoms with Crippen LogP contribution in [0.25, 0.3) is 0 Å². The quantitative estimate of drug-likeness (QED) is 0.225. The number of thiocarbonyl (C=S) groups is 1. The molecule has 0 aliphatic heterocycles. The fourth-order valence-electron chi connectivity index (χ4n) is 2.49. The Bertz CT molecular complexity index is 883. The van der Waals surface area contributed by atoms with E-state index in [0.717, 1.165) is 19.3 Å². The maximum absolute atomic E-state index is 12.3. The number of ether oxygens (including phenoxy) is 2. The highest BCUT2D eigenvalue weighted by Gasteiger charge is 2.10. The summed E-state index contributed by atoms with van der Waals surface area (Å²) in [5.41, 5.74) is 5.78. The first-order chi connectivity index (χ1) is 15.0. The third kappa shape index (κ3) is 8.47. The number of carbonyl (C=O) groups is 2. The van der Waals surface area contributed by atoms with Crippen LogP contribution in [0.3, 0.4) is 0 Å². The van der Waals surface area contributed by atoms with Crippen LogP contribution in [0.4, 0.5) is 0 Å². The molecule has 0 heterocycles. The molecule has 3 N–H and O–H groups in total. The maximum atomic E-state index is 12.3. The van der Waals surface area contributed by atoms with Crippen molar-refractivity contribution in [3.05, 3.63) is 72.3 Å². The van der Waals surface area contributed by atoms with E-state index >= 15 is 0 Å². The van der Waals surface area contributed by atoms with Crippen molar-refractivity contribution in [2.45, 2.75) is 26.2 Å². The van der Waals surface area contributed by atoms with Crippen molar-refractivity contribution in [2.24, 2.45) is 0 Å². The van der Waals surface area contributed by atoms with Gasteiger partial charge in [-0.1, -0.05) is 32.4 Å². The van der Waals surface area contributed by atoms with Gasteiger partial charge in [0.25, 0.3) is 11.8 Å². The number of nitrogens with one attached hydrogen (secondary N) is 3. The van der Waals surface area contributed by atoms with E-state index in [1.165, 1.54) is 0 Å². The zero-order chi connectivity index (χ0) is 22.5. The monoisotopic (exact) mass is 441 g/mol. The molecule has 164 valence electrons. The molecule has 0 aliphatic carbocycles. The lowest BCUT2D eigenvalue weighted by molar-refractivity contribution is 0.0934. The van der Waals surface area contributed by atoms with Gasteiger partial charge in [-0.25, -0.2) is 0 Å². The van der Waals surface area contributed by atoms with Crippen LogP contribution in [0.2, 0.25) is 0 Å². The Morgan fingerprint density at radius 1 is 0.903 bits per heavy atom. The smallest absolute Gasteiger partial charge is 0.269 e. The highest BCUT2D eigenvalue weighted by molar-refractivity contribution is 7.80. The van der Waals surface area contributed by atoms with Gasteiger partial charge in [0, 0.05) is 11.1 Å². The van der Waals surface area contributed by atoms with Gasteiger partial charge in [-0.2, -0.15) is 0 Å². The molecule has 0 aromatic heterocycles. The van der Waals surface area contributed by atoms with Gasteiger partial charge in [0.05, 0.1) is 6.61 Å². The Balaban J connectivity index is 1.76. The lowest BCUT2D eigenvalue weighted by Gasteiger charge is -2.11. The van der Waals surface area contributed by atoms with E-state index in [1.54, 1.807) is 54.6 Å². The largest absolute Gasteiger partial charge is 0.494 e.